The Bertz CT molecular complexity index is 978. The van der Waals surface area contributed by atoms with Crippen molar-refractivity contribution >= 4 is 33.2 Å². The zero-order valence-electron chi connectivity index (χ0n) is 17.7. The van der Waals surface area contributed by atoms with Gasteiger partial charge < -0.3 is 10.2 Å². The van der Waals surface area contributed by atoms with E-state index in [-0.39, 0.29) is 15.8 Å². The van der Waals surface area contributed by atoms with Gasteiger partial charge in [-0.2, -0.15) is 0 Å². The fourth-order valence-electron chi connectivity index (χ4n) is 3.56. The van der Waals surface area contributed by atoms with Crippen LogP contribution in [0.5, 0.6) is 0 Å². The van der Waals surface area contributed by atoms with Crippen molar-refractivity contribution in [1.29, 1.82) is 0 Å². The van der Waals surface area contributed by atoms with Gasteiger partial charge in [0.2, 0.25) is 15.9 Å². The summed E-state index contributed by atoms with van der Waals surface area (Å²) in [5.41, 5.74) is 1.72. The highest BCUT2D eigenvalue weighted by atomic mass is 35.5. The molecule has 1 aliphatic rings. The van der Waals surface area contributed by atoms with Gasteiger partial charge >= 0.3 is 0 Å². The number of amides is 1. The van der Waals surface area contributed by atoms with Crippen LogP contribution in [0.2, 0.25) is 5.02 Å². The molecule has 168 valence electrons. The Balaban J connectivity index is 1.39. The average molecular weight is 465 g/mol. The van der Waals surface area contributed by atoms with E-state index in [9.17, 15) is 13.2 Å². The van der Waals surface area contributed by atoms with Crippen LogP contribution in [0.15, 0.2) is 53.4 Å². The fraction of sp³-hybridized carbons (Fsp3) is 0.409. The highest BCUT2D eigenvalue weighted by Gasteiger charge is 2.18. The summed E-state index contributed by atoms with van der Waals surface area (Å²) in [7, 11) is -3.65. The van der Waals surface area contributed by atoms with Crippen LogP contribution in [0.3, 0.4) is 0 Å². The number of nitrogens with zero attached hydrogens (tertiary/aromatic N) is 2. The monoisotopic (exact) mass is 464 g/mol. The maximum Gasteiger partial charge on any atom is 0.240 e. The van der Waals surface area contributed by atoms with Crippen molar-refractivity contribution in [2.24, 2.45) is 0 Å². The minimum atomic E-state index is -3.65. The van der Waals surface area contributed by atoms with Gasteiger partial charge in [0.15, 0.2) is 0 Å². The molecule has 2 aromatic carbocycles. The summed E-state index contributed by atoms with van der Waals surface area (Å²) in [6, 6.07) is 14.7. The minimum Gasteiger partial charge on any atom is -0.325 e. The SMILES string of the molecule is CC(=O)Nc1ccc(S(=O)(=O)NCCCN2CCN(Cc3ccccc3)CC2)cc1Cl. The lowest BCUT2D eigenvalue weighted by molar-refractivity contribution is -0.114. The molecule has 0 spiro atoms. The van der Waals surface area contributed by atoms with Gasteiger partial charge in [0, 0.05) is 46.2 Å². The molecule has 1 saturated heterocycles. The molecule has 0 aliphatic carbocycles. The van der Waals surface area contributed by atoms with Crippen LogP contribution >= 0.6 is 11.6 Å². The number of hydrogen-bond donors (Lipinski definition) is 2. The molecular weight excluding hydrogens is 436 g/mol. The third-order valence-electron chi connectivity index (χ3n) is 5.22. The Hall–Kier alpha value is -1.97. The van der Waals surface area contributed by atoms with Crippen molar-refractivity contribution in [3.63, 3.8) is 0 Å². The van der Waals surface area contributed by atoms with Gasteiger partial charge in [-0.05, 0) is 36.7 Å². The molecular formula is C22H29ClN4O3S. The fourth-order valence-corrected chi connectivity index (χ4v) is 4.95. The smallest absolute Gasteiger partial charge is 0.240 e. The summed E-state index contributed by atoms with van der Waals surface area (Å²) in [6.45, 7) is 7.55. The van der Waals surface area contributed by atoms with Crippen molar-refractivity contribution in [3.8, 4) is 0 Å². The van der Waals surface area contributed by atoms with Crippen molar-refractivity contribution in [3.05, 3.63) is 59.1 Å². The standard InChI is InChI=1S/C22H29ClN4O3S/c1-18(28)25-22-9-8-20(16-21(22)23)31(29,30)24-10-5-11-26-12-14-27(15-13-26)17-19-6-3-2-4-7-19/h2-4,6-9,16,24H,5,10-15,17H2,1H3,(H,25,28). The zero-order valence-corrected chi connectivity index (χ0v) is 19.3. The minimum absolute atomic E-state index is 0.0844. The number of carbonyl (C=O) groups excluding carboxylic acids is 1. The Labute approximate surface area is 189 Å². The highest BCUT2D eigenvalue weighted by molar-refractivity contribution is 7.89. The molecule has 2 aromatic rings. The molecule has 31 heavy (non-hydrogen) atoms. The molecule has 1 amide bonds. The summed E-state index contributed by atoms with van der Waals surface area (Å²) in [6.07, 6.45) is 0.732. The Morgan fingerprint density at radius 2 is 1.71 bits per heavy atom. The van der Waals surface area contributed by atoms with Crippen LogP contribution in [-0.2, 0) is 21.4 Å². The number of halogens is 1. The first kappa shape index (κ1) is 23.7. The molecule has 0 radical (unpaired) electrons. The topological polar surface area (TPSA) is 81.7 Å². The van der Waals surface area contributed by atoms with Gasteiger partial charge in [-0.15, -0.1) is 0 Å². The zero-order chi connectivity index (χ0) is 22.3. The van der Waals surface area contributed by atoms with Gasteiger partial charge in [0.05, 0.1) is 15.6 Å². The second-order valence-electron chi connectivity index (χ2n) is 7.68. The number of anilines is 1. The van der Waals surface area contributed by atoms with E-state index >= 15 is 0 Å². The summed E-state index contributed by atoms with van der Waals surface area (Å²) >= 11 is 6.09. The number of nitrogens with one attached hydrogen (secondary N) is 2. The molecule has 1 fully saturated rings. The molecule has 1 aliphatic heterocycles. The molecule has 2 N–H and O–H groups in total. The van der Waals surface area contributed by atoms with Crippen LogP contribution in [0.1, 0.15) is 18.9 Å². The number of benzene rings is 2. The predicted molar refractivity (Wildman–Crippen MR) is 124 cm³/mol. The molecule has 0 aromatic heterocycles. The second-order valence-corrected chi connectivity index (χ2v) is 9.85. The first-order valence-corrected chi connectivity index (χ1v) is 12.2. The van der Waals surface area contributed by atoms with Gasteiger partial charge in [-0.1, -0.05) is 41.9 Å². The van der Waals surface area contributed by atoms with Gasteiger partial charge in [0.25, 0.3) is 0 Å². The Morgan fingerprint density at radius 1 is 1.03 bits per heavy atom. The second kappa shape index (κ2) is 11.1. The van der Waals surface area contributed by atoms with Crippen molar-refractivity contribution in [2.45, 2.75) is 24.8 Å². The predicted octanol–water partition coefficient (Wildman–Crippen LogP) is 2.78. The van der Waals surface area contributed by atoms with E-state index in [0.717, 1.165) is 45.7 Å². The maximum absolute atomic E-state index is 12.5. The molecule has 9 heteroatoms. The molecule has 1 heterocycles. The maximum atomic E-state index is 12.5. The quantitative estimate of drug-likeness (QED) is 0.558. The number of rotatable bonds is 9. The van der Waals surface area contributed by atoms with E-state index in [1.807, 2.05) is 6.07 Å². The van der Waals surface area contributed by atoms with E-state index < -0.39 is 10.0 Å². The van der Waals surface area contributed by atoms with Gasteiger partial charge in [-0.3, -0.25) is 9.69 Å². The lowest BCUT2D eigenvalue weighted by Gasteiger charge is -2.34. The van der Waals surface area contributed by atoms with E-state index in [4.69, 9.17) is 11.6 Å². The first-order chi connectivity index (χ1) is 14.8. The average Bonchev–Trinajstić information content (AvgIpc) is 2.74. The Morgan fingerprint density at radius 3 is 2.35 bits per heavy atom. The van der Waals surface area contributed by atoms with Crippen LogP contribution in [-0.4, -0.2) is 63.4 Å². The van der Waals surface area contributed by atoms with Crippen LogP contribution in [0.4, 0.5) is 5.69 Å². The van der Waals surface area contributed by atoms with E-state index in [1.54, 1.807) is 0 Å². The third-order valence-corrected chi connectivity index (χ3v) is 6.99. The highest BCUT2D eigenvalue weighted by Crippen LogP contribution is 2.25. The lowest BCUT2D eigenvalue weighted by atomic mass is 10.2. The van der Waals surface area contributed by atoms with Crippen molar-refractivity contribution in [2.75, 3.05) is 44.6 Å². The number of carbonyl (C=O) groups is 1. The van der Waals surface area contributed by atoms with E-state index in [0.29, 0.717) is 12.2 Å². The number of sulfonamides is 1. The lowest BCUT2D eigenvalue weighted by Crippen LogP contribution is -2.46. The normalized spacial score (nSPS) is 15.7. The van der Waals surface area contributed by atoms with Crippen LogP contribution in [0.25, 0.3) is 0 Å². The molecule has 0 bridgehead atoms. The first-order valence-electron chi connectivity index (χ1n) is 10.4. The molecule has 0 saturated carbocycles. The van der Waals surface area contributed by atoms with Crippen molar-refractivity contribution < 1.29 is 13.2 Å². The summed E-state index contributed by atoms with van der Waals surface area (Å²) in [4.78, 5) is 16.0. The third kappa shape index (κ3) is 7.29. The van der Waals surface area contributed by atoms with Crippen LogP contribution in [0, 0.1) is 0 Å². The van der Waals surface area contributed by atoms with E-state index in [2.05, 4.69) is 44.1 Å². The molecule has 7 nitrogen and oxygen atoms in total. The van der Waals surface area contributed by atoms with E-state index in [1.165, 1.54) is 30.7 Å². The Kier molecular flexibility index (Phi) is 8.45. The molecule has 0 unspecified atom stereocenters. The summed E-state index contributed by atoms with van der Waals surface area (Å²) in [5.74, 6) is -0.267. The number of hydrogen-bond acceptors (Lipinski definition) is 5. The number of piperazine rings is 1. The summed E-state index contributed by atoms with van der Waals surface area (Å²) in [5, 5.41) is 2.75. The van der Waals surface area contributed by atoms with Gasteiger partial charge in [-0.25, -0.2) is 13.1 Å². The van der Waals surface area contributed by atoms with Crippen molar-refractivity contribution in [1.82, 2.24) is 14.5 Å². The van der Waals surface area contributed by atoms with Crippen LogP contribution < -0.4 is 10.0 Å². The largest absolute Gasteiger partial charge is 0.325 e. The van der Waals surface area contributed by atoms with Gasteiger partial charge in [0.1, 0.15) is 0 Å². The summed E-state index contributed by atoms with van der Waals surface area (Å²) < 4.78 is 27.6. The molecule has 3 rings (SSSR count). The molecule has 0 atom stereocenters.